The van der Waals surface area contributed by atoms with Crippen molar-refractivity contribution >= 4 is 17.5 Å². The first-order valence-corrected chi connectivity index (χ1v) is 7.87. The maximum atomic E-state index is 13.9. The number of carbonyl (C=O) groups is 1. The highest BCUT2D eigenvalue weighted by Crippen LogP contribution is 2.35. The van der Waals surface area contributed by atoms with Crippen LogP contribution in [0.5, 0.6) is 0 Å². The molecule has 0 aliphatic carbocycles. The van der Waals surface area contributed by atoms with Crippen LogP contribution in [0.2, 0.25) is 5.02 Å². The first kappa shape index (κ1) is 16.2. The average Bonchev–Trinajstić information content (AvgIpc) is 2.48. The molecule has 2 N–H and O–H groups in total. The molecule has 1 aliphatic heterocycles. The van der Waals surface area contributed by atoms with Crippen LogP contribution in [0.3, 0.4) is 0 Å². The number of hydrogen-bond donors (Lipinski definition) is 2. The summed E-state index contributed by atoms with van der Waals surface area (Å²) in [6, 6.07) is 3.07. The van der Waals surface area contributed by atoms with Crippen LogP contribution in [0, 0.1) is 5.82 Å². The first-order chi connectivity index (χ1) is 10.0. The van der Waals surface area contributed by atoms with E-state index in [1.54, 1.807) is 6.07 Å². The standard InChI is InChI=1S/C16H22ClFN2O/c1-3-16(20-10(2)21)13-9-15(18)14(17)8-12(13)11-4-6-19-7-5-11/h8-9,11,16,19H,3-7H2,1-2H3,(H,20,21)/t16-/m0/s1. The van der Waals surface area contributed by atoms with E-state index in [9.17, 15) is 9.18 Å². The van der Waals surface area contributed by atoms with Crippen LogP contribution < -0.4 is 10.6 Å². The molecule has 2 rings (SSSR count). The summed E-state index contributed by atoms with van der Waals surface area (Å²) in [5.74, 6) is -0.163. The van der Waals surface area contributed by atoms with Gasteiger partial charge in [-0.25, -0.2) is 4.39 Å². The van der Waals surface area contributed by atoms with Crippen LogP contribution in [0.15, 0.2) is 12.1 Å². The molecule has 1 saturated heterocycles. The Morgan fingerprint density at radius 2 is 2.14 bits per heavy atom. The lowest BCUT2D eigenvalue weighted by molar-refractivity contribution is -0.119. The summed E-state index contributed by atoms with van der Waals surface area (Å²) in [5, 5.41) is 6.39. The van der Waals surface area contributed by atoms with Crippen LogP contribution in [0.4, 0.5) is 4.39 Å². The summed E-state index contributed by atoms with van der Waals surface area (Å²) < 4.78 is 13.9. The van der Waals surface area contributed by atoms with Crippen LogP contribution in [-0.4, -0.2) is 19.0 Å². The van der Waals surface area contributed by atoms with E-state index in [1.165, 1.54) is 13.0 Å². The lowest BCUT2D eigenvalue weighted by Crippen LogP contribution is -2.30. The molecule has 0 radical (unpaired) electrons. The van der Waals surface area contributed by atoms with E-state index in [0.717, 1.165) is 43.5 Å². The predicted molar refractivity (Wildman–Crippen MR) is 83.1 cm³/mol. The molecule has 1 atom stereocenters. The number of carbonyl (C=O) groups excluding carboxylic acids is 1. The van der Waals surface area contributed by atoms with Gasteiger partial charge in [-0.1, -0.05) is 18.5 Å². The fraction of sp³-hybridized carbons (Fsp3) is 0.562. The van der Waals surface area contributed by atoms with E-state index in [1.807, 2.05) is 6.92 Å². The number of nitrogens with one attached hydrogen (secondary N) is 2. The van der Waals surface area contributed by atoms with Gasteiger partial charge in [0.25, 0.3) is 0 Å². The van der Waals surface area contributed by atoms with Gasteiger partial charge >= 0.3 is 0 Å². The van der Waals surface area contributed by atoms with Crippen molar-refractivity contribution in [1.29, 1.82) is 0 Å². The van der Waals surface area contributed by atoms with Gasteiger partial charge in [0.1, 0.15) is 5.82 Å². The molecule has 0 spiro atoms. The Hall–Kier alpha value is -1.13. The molecule has 21 heavy (non-hydrogen) atoms. The van der Waals surface area contributed by atoms with Gasteiger partial charge < -0.3 is 10.6 Å². The van der Waals surface area contributed by atoms with Crippen LogP contribution >= 0.6 is 11.6 Å². The van der Waals surface area contributed by atoms with Gasteiger partial charge in [-0.05, 0) is 61.5 Å². The second kappa shape index (κ2) is 7.23. The number of hydrogen-bond acceptors (Lipinski definition) is 2. The summed E-state index contributed by atoms with van der Waals surface area (Å²) in [6.07, 6.45) is 2.73. The maximum absolute atomic E-state index is 13.9. The highest BCUT2D eigenvalue weighted by Gasteiger charge is 2.24. The Labute approximate surface area is 130 Å². The Balaban J connectivity index is 2.41. The molecule has 1 aliphatic rings. The smallest absolute Gasteiger partial charge is 0.217 e. The van der Waals surface area contributed by atoms with E-state index in [0.29, 0.717) is 5.92 Å². The second-order valence-electron chi connectivity index (χ2n) is 5.58. The number of rotatable bonds is 4. The molecule has 116 valence electrons. The monoisotopic (exact) mass is 312 g/mol. The zero-order valence-electron chi connectivity index (χ0n) is 12.5. The molecule has 0 aromatic heterocycles. The molecule has 5 heteroatoms. The van der Waals surface area contributed by atoms with Crippen molar-refractivity contribution in [1.82, 2.24) is 10.6 Å². The quantitative estimate of drug-likeness (QED) is 0.893. The molecule has 1 heterocycles. The molecule has 0 saturated carbocycles. The van der Waals surface area contributed by atoms with Crippen molar-refractivity contribution in [3.63, 3.8) is 0 Å². The van der Waals surface area contributed by atoms with E-state index in [2.05, 4.69) is 10.6 Å². The molecule has 3 nitrogen and oxygen atoms in total. The zero-order valence-corrected chi connectivity index (χ0v) is 13.3. The number of halogens is 2. The average molecular weight is 313 g/mol. The minimum atomic E-state index is -0.423. The summed E-state index contributed by atoms with van der Waals surface area (Å²) in [4.78, 5) is 11.4. The number of piperidine rings is 1. The predicted octanol–water partition coefficient (Wildman–Crippen LogP) is 3.53. The van der Waals surface area contributed by atoms with Gasteiger partial charge in [0, 0.05) is 6.92 Å². The van der Waals surface area contributed by atoms with Crippen LogP contribution in [0.25, 0.3) is 0 Å². The lowest BCUT2D eigenvalue weighted by atomic mass is 9.84. The van der Waals surface area contributed by atoms with Crippen LogP contribution in [-0.2, 0) is 4.79 Å². The third-order valence-corrected chi connectivity index (χ3v) is 4.36. The fourth-order valence-electron chi connectivity index (χ4n) is 3.01. The molecule has 1 aromatic carbocycles. The van der Waals surface area contributed by atoms with Crippen molar-refractivity contribution in [2.24, 2.45) is 0 Å². The van der Waals surface area contributed by atoms with E-state index in [-0.39, 0.29) is 17.0 Å². The largest absolute Gasteiger partial charge is 0.350 e. The van der Waals surface area contributed by atoms with Gasteiger partial charge in [-0.3, -0.25) is 4.79 Å². The summed E-state index contributed by atoms with van der Waals surface area (Å²) >= 11 is 5.98. The topological polar surface area (TPSA) is 41.1 Å². The molecule has 1 aromatic rings. The van der Waals surface area contributed by atoms with Gasteiger partial charge in [-0.15, -0.1) is 0 Å². The number of amides is 1. The Bertz CT molecular complexity index is 515. The molecular formula is C16H22ClFN2O. The van der Waals surface area contributed by atoms with Crippen molar-refractivity contribution < 1.29 is 9.18 Å². The highest BCUT2D eigenvalue weighted by atomic mass is 35.5. The van der Waals surface area contributed by atoms with Gasteiger partial charge in [0.05, 0.1) is 11.1 Å². The minimum absolute atomic E-state index is 0.103. The van der Waals surface area contributed by atoms with Crippen molar-refractivity contribution in [2.75, 3.05) is 13.1 Å². The third kappa shape index (κ3) is 3.95. The Morgan fingerprint density at radius 1 is 1.48 bits per heavy atom. The second-order valence-corrected chi connectivity index (χ2v) is 5.99. The highest BCUT2D eigenvalue weighted by molar-refractivity contribution is 6.30. The van der Waals surface area contributed by atoms with E-state index in [4.69, 9.17) is 11.6 Å². The number of benzene rings is 1. The summed E-state index contributed by atoms with van der Waals surface area (Å²) in [6.45, 7) is 5.38. The van der Waals surface area contributed by atoms with Crippen molar-refractivity contribution in [2.45, 2.75) is 45.1 Å². The van der Waals surface area contributed by atoms with Crippen molar-refractivity contribution in [3.8, 4) is 0 Å². The fourth-order valence-corrected chi connectivity index (χ4v) is 3.18. The minimum Gasteiger partial charge on any atom is -0.350 e. The normalized spacial score (nSPS) is 17.5. The Kier molecular flexibility index (Phi) is 5.59. The molecule has 0 bridgehead atoms. The molecule has 1 amide bonds. The van der Waals surface area contributed by atoms with Gasteiger partial charge in [-0.2, -0.15) is 0 Å². The van der Waals surface area contributed by atoms with Gasteiger partial charge in [0.15, 0.2) is 0 Å². The SMILES string of the molecule is CC[C@H](NC(C)=O)c1cc(F)c(Cl)cc1C1CCNCC1. The zero-order chi connectivity index (χ0) is 15.4. The summed E-state index contributed by atoms with van der Waals surface area (Å²) in [7, 11) is 0. The Morgan fingerprint density at radius 3 is 2.71 bits per heavy atom. The third-order valence-electron chi connectivity index (χ3n) is 4.07. The van der Waals surface area contributed by atoms with E-state index < -0.39 is 5.82 Å². The molecule has 0 unspecified atom stereocenters. The maximum Gasteiger partial charge on any atom is 0.217 e. The lowest BCUT2D eigenvalue weighted by Gasteiger charge is -2.28. The molecule has 1 fully saturated rings. The van der Waals surface area contributed by atoms with Crippen LogP contribution in [0.1, 0.15) is 56.2 Å². The van der Waals surface area contributed by atoms with Crippen molar-refractivity contribution in [3.05, 3.63) is 34.1 Å². The molecular weight excluding hydrogens is 291 g/mol. The first-order valence-electron chi connectivity index (χ1n) is 7.49. The van der Waals surface area contributed by atoms with E-state index >= 15 is 0 Å². The summed E-state index contributed by atoms with van der Waals surface area (Å²) in [5.41, 5.74) is 1.94. The van der Waals surface area contributed by atoms with Gasteiger partial charge in [0.2, 0.25) is 5.91 Å².